The van der Waals surface area contributed by atoms with Crippen LogP contribution >= 0.6 is 23.5 Å². The van der Waals surface area contributed by atoms with Gasteiger partial charge in [-0.15, -0.1) is 11.8 Å². The van der Waals surface area contributed by atoms with Crippen LogP contribution in [0, 0.1) is 0 Å². The van der Waals surface area contributed by atoms with E-state index in [4.69, 9.17) is 4.74 Å². The topological polar surface area (TPSA) is 26.3 Å². The van der Waals surface area contributed by atoms with Gasteiger partial charge >= 0.3 is 5.97 Å². The van der Waals surface area contributed by atoms with Gasteiger partial charge in [-0.3, -0.25) is 0 Å². The van der Waals surface area contributed by atoms with Crippen molar-refractivity contribution in [1.29, 1.82) is 0 Å². The number of hydrogen-bond donors (Lipinski definition) is 0. The van der Waals surface area contributed by atoms with Crippen LogP contribution in [0.25, 0.3) is 0 Å². The molecule has 4 heteroatoms. The van der Waals surface area contributed by atoms with Crippen molar-refractivity contribution in [2.24, 2.45) is 0 Å². The number of carbonyl (C=O) groups is 1. The van der Waals surface area contributed by atoms with Crippen LogP contribution in [-0.2, 0) is 10.5 Å². The number of rotatable bonds is 4. The molecule has 1 aromatic rings. The lowest BCUT2D eigenvalue weighted by Crippen LogP contribution is -2.05. The first-order valence-corrected chi connectivity index (χ1v) is 7.09. The lowest BCUT2D eigenvalue weighted by molar-refractivity contribution is 0.0600. The molecular formula is C11H14O2S2. The number of esters is 1. The van der Waals surface area contributed by atoms with E-state index in [9.17, 15) is 4.79 Å². The van der Waals surface area contributed by atoms with E-state index < -0.39 is 0 Å². The molecule has 0 unspecified atom stereocenters. The maximum absolute atomic E-state index is 11.5. The summed E-state index contributed by atoms with van der Waals surface area (Å²) in [5.41, 5.74) is 1.71. The predicted octanol–water partition coefficient (Wildman–Crippen LogP) is 3.06. The number of benzene rings is 1. The van der Waals surface area contributed by atoms with Gasteiger partial charge in [-0.1, -0.05) is 0 Å². The Labute approximate surface area is 98.8 Å². The highest BCUT2D eigenvalue weighted by molar-refractivity contribution is 7.98. The van der Waals surface area contributed by atoms with Crippen LogP contribution in [0.1, 0.15) is 15.9 Å². The van der Waals surface area contributed by atoms with Crippen molar-refractivity contribution in [1.82, 2.24) is 0 Å². The molecule has 0 aliphatic carbocycles. The molecule has 0 saturated carbocycles. The summed E-state index contributed by atoms with van der Waals surface area (Å²) in [7, 11) is 1.41. The monoisotopic (exact) mass is 242 g/mol. The van der Waals surface area contributed by atoms with Crippen molar-refractivity contribution in [3.63, 3.8) is 0 Å². The minimum absolute atomic E-state index is 0.258. The van der Waals surface area contributed by atoms with Crippen LogP contribution in [0.2, 0.25) is 0 Å². The average molecular weight is 242 g/mol. The predicted molar refractivity (Wildman–Crippen MR) is 66.8 cm³/mol. The van der Waals surface area contributed by atoms with Gasteiger partial charge in [0.2, 0.25) is 0 Å². The molecule has 0 bridgehead atoms. The van der Waals surface area contributed by atoms with E-state index in [1.165, 1.54) is 12.0 Å². The fourth-order valence-corrected chi connectivity index (χ4v) is 2.30. The summed E-state index contributed by atoms with van der Waals surface area (Å²) >= 11 is 3.37. The Kier molecular flexibility index (Phi) is 5.05. The van der Waals surface area contributed by atoms with Crippen LogP contribution in [0.15, 0.2) is 23.1 Å². The van der Waals surface area contributed by atoms with E-state index in [0.29, 0.717) is 5.56 Å². The third-order valence-corrected chi connectivity index (χ3v) is 3.34. The number of carbonyl (C=O) groups excluding carboxylic acids is 1. The minimum atomic E-state index is -0.258. The summed E-state index contributed by atoms with van der Waals surface area (Å²) in [4.78, 5) is 12.6. The largest absolute Gasteiger partial charge is 0.465 e. The fourth-order valence-electron chi connectivity index (χ4n) is 1.28. The first-order valence-electron chi connectivity index (χ1n) is 4.47. The smallest absolute Gasteiger partial charge is 0.338 e. The van der Waals surface area contributed by atoms with Gasteiger partial charge in [0.15, 0.2) is 0 Å². The Bertz CT molecular complexity index is 350. The van der Waals surface area contributed by atoms with Crippen LogP contribution in [-0.4, -0.2) is 25.6 Å². The summed E-state index contributed by atoms with van der Waals surface area (Å²) in [5, 5.41) is 0. The van der Waals surface area contributed by atoms with E-state index in [0.717, 1.165) is 11.3 Å². The first kappa shape index (κ1) is 12.5. The van der Waals surface area contributed by atoms with Crippen LogP contribution in [0.3, 0.4) is 0 Å². The molecule has 1 aromatic carbocycles. The summed E-state index contributed by atoms with van der Waals surface area (Å²) in [6, 6.07) is 5.83. The average Bonchev–Trinajstić information content (AvgIpc) is 2.28. The quantitative estimate of drug-likeness (QED) is 0.599. The molecule has 0 heterocycles. The van der Waals surface area contributed by atoms with Gasteiger partial charge in [0.25, 0.3) is 0 Å². The zero-order chi connectivity index (χ0) is 11.3. The van der Waals surface area contributed by atoms with Gasteiger partial charge in [-0.25, -0.2) is 4.79 Å². The molecule has 0 aliphatic rings. The van der Waals surface area contributed by atoms with Crippen LogP contribution in [0.5, 0.6) is 0 Å². The molecule has 0 aliphatic heterocycles. The lowest BCUT2D eigenvalue weighted by atomic mass is 10.1. The van der Waals surface area contributed by atoms with Gasteiger partial charge in [0.1, 0.15) is 0 Å². The Morgan fingerprint density at radius 3 is 2.67 bits per heavy atom. The minimum Gasteiger partial charge on any atom is -0.465 e. The number of hydrogen-bond acceptors (Lipinski definition) is 4. The maximum atomic E-state index is 11.5. The van der Waals surface area contributed by atoms with Crippen molar-refractivity contribution in [2.75, 3.05) is 19.6 Å². The summed E-state index contributed by atoms with van der Waals surface area (Å²) in [5.74, 6) is 0.574. The van der Waals surface area contributed by atoms with Crippen molar-refractivity contribution >= 4 is 29.5 Å². The zero-order valence-electron chi connectivity index (χ0n) is 9.07. The summed E-state index contributed by atoms with van der Waals surface area (Å²) in [6.45, 7) is 0. The van der Waals surface area contributed by atoms with Crippen LogP contribution < -0.4 is 0 Å². The van der Waals surface area contributed by atoms with Gasteiger partial charge in [0.05, 0.1) is 12.7 Å². The van der Waals surface area contributed by atoms with E-state index in [2.05, 4.69) is 0 Å². The first-order chi connectivity index (χ1) is 7.22. The molecule has 1 rings (SSSR count). The highest BCUT2D eigenvalue weighted by Crippen LogP contribution is 2.22. The highest BCUT2D eigenvalue weighted by atomic mass is 32.2. The highest BCUT2D eigenvalue weighted by Gasteiger charge is 2.11. The molecule has 0 aromatic heterocycles. The van der Waals surface area contributed by atoms with E-state index in [1.807, 2.05) is 30.7 Å². The lowest BCUT2D eigenvalue weighted by Gasteiger charge is -2.08. The number of ether oxygens (including phenoxy) is 1. The molecule has 2 nitrogen and oxygen atoms in total. The standard InChI is InChI=1S/C11H14O2S2/c1-13-11(12)10-5-4-9(15-3)6-8(10)7-14-2/h4-6H,7H2,1-3H3. The molecule has 0 spiro atoms. The summed E-state index contributed by atoms with van der Waals surface area (Å²) in [6.07, 6.45) is 4.04. The van der Waals surface area contributed by atoms with E-state index in [1.54, 1.807) is 23.5 Å². The van der Waals surface area contributed by atoms with Crippen molar-refractivity contribution in [2.45, 2.75) is 10.6 Å². The zero-order valence-corrected chi connectivity index (χ0v) is 10.7. The maximum Gasteiger partial charge on any atom is 0.338 e. The summed E-state index contributed by atoms with van der Waals surface area (Å²) < 4.78 is 4.74. The molecule has 0 radical (unpaired) electrons. The van der Waals surface area contributed by atoms with E-state index >= 15 is 0 Å². The Hall–Kier alpha value is -0.610. The second-order valence-corrected chi connectivity index (χ2v) is 4.69. The molecule has 0 N–H and O–H groups in total. The Morgan fingerprint density at radius 2 is 2.13 bits per heavy atom. The second-order valence-electron chi connectivity index (χ2n) is 2.95. The molecule has 0 saturated heterocycles. The van der Waals surface area contributed by atoms with Gasteiger partial charge in [0, 0.05) is 10.6 Å². The molecule has 82 valence electrons. The third-order valence-electron chi connectivity index (χ3n) is 2.02. The second kappa shape index (κ2) is 6.08. The fraction of sp³-hybridized carbons (Fsp3) is 0.364. The van der Waals surface area contributed by atoms with Crippen LogP contribution in [0.4, 0.5) is 0 Å². The number of methoxy groups -OCH3 is 1. The van der Waals surface area contributed by atoms with Crippen molar-refractivity contribution < 1.29 is 9.53 Å². The molecule has 15 heavy (non-hydrogen) atoms. The molecule has 0 atom stereocenters. The van der Waals surface area contributed by atoms with Gasteiger partial charge in [-0.05, 0) is 36.3 Å². The van der Waals surface area contributed by atoms with Gasteiger partial charge in [-0.2, -0.15) is 11.8 Å². The number of thioether (sulfide) groups is 2. The molecule has 0 fully saturated rings. The SMILES string of the molecule is COC(=O)c1ccc(SC)cc1CSC. The Balaban J connectivity index is 3.08. The third kappa shape index (κ3) is 3.18. The normalized spacial score (nSPS) is 10.1. The molecule has 0 amide bonds. The van der Waals surface area contributed by atoms with E-state index in [-0.39, 0.29) is 5.97 Å². The van der Waals surface area contributed by atoms with Crippen molar-refractivity contribution in [3.8, 4) is 0 Å². The van der Waals surface area contributed by atoms with Crippen molar-refractivity contribution in [3.05, 3.63) is 29.3 Å². The Morgan fingerprint density at radius 1 is 1.40 bits per heavy atom. The molecular weight excluding hydrogens is 228 g/mol. The van der Waals surface area contributed by atoms with Gasteiger partial charge < -0.3 is 4.74 Å².